The van der Waals surface area contributed by atoms with Crippen LogP contribution in [0.15, 0.2) is 18.2 Å². The van der Waals surface area contributed by atoms with E-state index in [0.717, 1.165) is 62.2 Å². The van der Waals surface area contributed by atoms with Crippen LogP contribution in [0.4, 0.5) is 4.39 Å². The Kier molecular flexibility index (Phi) is 3.98. The van der Waals surface area contributed by atoms with E-state index in [4.69, 9.17) is 4.98 Å². The molecule has 2 heterocycles. The molecule has 0 aliphatic carbocycles. The molecule has 0 spiro atoms. The Morgan fingerprint density at radius 3 is 2.71 bits per heavy atom. The Labute approximate surface area is 125 Å². The van der Waals surface area contributed by atoms with Crippen LogP contribution < -0.4 is 5.32 Å². The summed E-state index contributed by atoms with van der Waals surface area (Å²) in [5.74, 6) is 0.958. The van der Waals surface area contributed by atoms with Gasteiger partial charge in [-0.3, -0.25) is 0 Å². The summed E-state index contributed by atoms with van der Waals surface area (Å²) in [5, 5.41) is 3.44. The van der Waals surface area contributed by atoms with Crippen LogP contribution in [0.5, 0.6) is 0 Å². The maximum absolute atomic E-state index is 13.5. The predicted molar refractivity (Wildman–Crippen MR) is 84.1 cm³/mol. The third kappa shape index (κ3) is 2.46. The predicted octanol–water partition coefficient (Wildman–Crippen LogP) is 3.62. The van der Waals surface area contributed by atoms with Gasteiger partial charge in [0.25, 0.3) is 0 Å². The van der Waals surface area contributed by atoms with E-state index >= 15 is 0 Å². The van der Waals surface area contributed by atoms with E-state index < -0.39 is 0 Å². The molecule has 1 aliphatic rings. The highest BCUT2D eigenvalue weighted by Gasteiger charge is 2.36. The largest absolute Gasteiger partial charge is 0.328 e. The number of nitrogens with zero attached hydrogens (tertiary/aromatic N) is 2. The molecule has 1 fully saturated rings. The van der Waals surface area contributed by atoms with Crippen LogP contribution in [0, 0.1) is 5.82 Å². The quantitative estimate of drug-likeness (QED) is 0.931. The van der Waals surface area contributed by atoms with E-state index in [1.165, 1.54) is 0 Å². The first-order valence-electron chi connectivity index (χ1n) is 8.07. The SMILES string of the molecule is CCCn1c(C2(CC)CCNCC2)nc2cc(F)ccc21. The average molecular weight is 289 g/mol. The lowest BCUT2D eigenvalue weighted by Gasteiger charge is -2.36. The second kappa shape index (κ2) is 5.76. The summed E-state index contributed by atoms with van der Waals surface area (Å²) in [6.07, 6.45) is 4.37. The van der Waals surface area contributed by atoms with Gasteiger partial charge in [0.05, 0.1) is 11.0 Å². The second-order valence-corrected chi connectivity index (χ2v) is 6.10. The zero-order valence-electron chi connectivity index (χ0n) is 13.0. The van der Waals surface area contributed by atoms with Gasteiger partial charge in [0.2, 0.25) is 0 Å². The fourth-order valence-corrected chi connectivity index (χ4v) is 3.60. The highest BCUT2D eigenvalue weighted by atomic mass is 19.1. The molecule has 0 saturated carbocycles. The minimum absolute atomic E-state index is 0.135. The van der Waals surface area contributed by atoms with Crippen molar-refractivity contribution in [2.45, 2.75) is 51.5 Å². The Morgan fingerprint density at radius 1 is 1.29 bits per heavy atom. The highest BCUT2D eigenvalue weighted by Crippen LogP contribution is 2.37. The molecule has 1 N–H and O–H groups in total. The van der Waals surface area contributed by atoms with Crippen molar-refractivity contribution in [2.24, 2.45) is 0 Å². The number of aryl methyl sites for hydroxylation is 1. The van der Waals surface area contributed by atoms with Gasteiger partial charge in [0.15, 0.2) is 0 Å². The molecule has 1 aromatic carbocycles. The van der Waals surface area contributed by atoms with E-state index in [9.17, 15) is 4.39 Å². The van der Waals surface area contributed by atoms with Crippen LogP contribution in [-0.4, -0.2) is 22.6 Å². The number of rotatable bonds is 4. The van der Waals surface area contributed by atoms with E-state index in [0.29, 0.717) is 0 Å². The van der Waals surface area contributed by atoms with Crippen LogP contribution in [0.25, 0.3) is 11.0 Å². The number of fused-ring (bicyclic) bond motifs is 1. The molecule has 0 unspecified atom stereocenters. The zero-order valence-corrected chi connectivity index (χ0v) is 13.0. The van der Waals surface area contributed by atoms with Gasteiger partial charge < -0.3 is 9.88 Å². The van der Waals surface area contributed by atoms with Crippen molar-refractivity contribution >= 4 is 11.0 Å². The average Bonchev–Trinajstić information content (AvgIpc) is 2.87. The molecule has 0 amide bonds. The normalized spacial score (nSPS) is 18.2. The van der Waals surface area contributed by atoms with Crippen LogP contribution in [0.3, 0.4) is 0 Å². The van der Waals surface area contributed by atoms with Crippen LogP contribution in [-0.2, 0) is 12.0 Å². The van der Waals surface area contributed by atoms with Crippen molar-refractivity contribution in [3.8, 4) is 0 Å². The Balaban J connectivity index is 2.17. The lowest BCUT2D eigenvalue weighted by molar-refractivity contribution is 0.274. The van der Waals surface area contributed by atoms with Gasteiger partial charge in [0.1, 0.15) is 11.6 Å². The summed E-state index contributed by atoms with van der Waals surface area (Å²) in [6, 6.07) is 4.98. The molecular formula is C17H24FN3. The van der Waals surface area contributed by atoms with Crippen LogP contribution in [0.1, 0.15) is 45.4 Å². The number of imidazole rings is 1. The van der Waals surface area contributed by atoms with Gasteiger partial charge in [-0.2, -0.15) is 0 Å². The third-order valence-corrected chi connectivity index (χ3v) is 4.87. The van der Waals surface area contributed by atoms with Gasteiger partial charge in [0, 0.05) is 18.0 Å². The van der Waals surface area contributed by atoms with Crippen molar-refractivity contribution in [3.63, 3.8) is 0 Å². The molecule has 1 aliphatic heterocycles. The monoisotopic (exact) mass is 289 g/mol. The Hall–Kier alpha value is -1.42. The third-order valence-electron chi connectivity index (χ3n) is 4.87. The van der Waals surface area contributed by atoms with Crippen molar-refractivity contribution < 1.29 is 4.39 Å². The summed E-state index contributed by atoms with van der Waals surface area (Å²) in [4.78, 5) is 4.85. The van der Waals surface area contributed by atoms with Crippen LogP contribution in [0.2, 0.25) is 0 Å². The number of piperidine rings is 1. The maximum atomic E-state index is 13.5. The summed E-state index contributed by atoms with van der Waals surface area (Å²) in [5.41, 5.74) is 2.00. The second-order valence-electron chi connectivity index (χ2n) is 6.10. The first kappa shape index (κ1) is 14.5. The molecule has 21 heavy (non-hydrogen) atoms. The van der Waals surface area contributed by atoms with Gasteiger partial charge in [-0.25, -0.2) is 9.37 Å². The van der Waals surface area contributed by atoms with Gasteiger partial charge in [-0.15, -0.1) is 0 Å². The highest BCUT2D eigenvalue weighted by molar-refractivity contribution is 5.76. The molecule has 114 valence electrons. The topological polar surface area (TPSA) is 29.9 Å². The van der Waals surface area contributed by atoms with E-state index in [1.54, 1.807) is 12.1 Å². The Bertz CT molecular complexity index is 626. The van der Waals surface area contributed by atoms with Crippen molar-refractivity contribution in [1.82, 2.24) is 14.9 Å². The van der Waals surface area contributed by atoms with E-state index in [-0.39, 0.29) is 11.2 Å². The fourth-order valence-electron chi connectivity index (χ4n) is 3.60. The first-order valence-corrected chi connectivity index (χ1v) is 8.07. The number of hydrogen-bond donors (Lipinski definition) is 1. The van der Waals surface area contributed by atoms with Gasteiger partial charge in [-0.1, -0.05) is 13.8 Å². The van der Waals surface area contributed by atoms with Crippen molar-refractivity contribution in [2.75, 3.05) is 13.1 Å². The lowest BCUT2D eigenvalue weighted by Crippen LogP contribution is -2.41. The van der Waals surface area contributed by atoms with Crippen LogP contribution >= 0.6 is 0 Å². The maximum Gasteiger partial charge on any atom is 0.125 e. The Morgan fingerprint density at radius 2 is 2.05 bits per heavy atom. The fraction of sp³-hybridized carbons (Fsp3) is 0.588. The summed E-state index contributed by atoms with van der Waals surface area (Å²) in [6.45, 7) is 7.46. The molecule has 3 nitrogen and oxygen atoms in total. The minimum atomic E-state index is -0.203. The number of halogens is 1. The summed E-state index contributed by atoms with van der Waals surface area (Å²) >= 11 is 0. The molecular weight excluding hydrogens is 265 g/mol. The molecule has 4 heteroatoms. The molecule has 3 rings (SSSR count). The number of hydrogen-bond acceptors (Lipinski definition) is 2. The van der Waals surface area contributed by atoms with Crippen molar-refractivity contribution in [1.29, 1.82) is 0 Å². The molecule has 1 aromatic heterocycles. The van der Waals surface area contributed by atoms with E-state index in [1.807, 2.05) is 6.07 Å². The van der Waals surface area contributed by atoms with Gasteiger partial charge in [-0.05, 0) is 50.9 Å². The molecule has 0 radical (unpaired) electrons. The molecule has 0 atom stereocenters. The molecule has 0 bridgehead atoms. The standard InChI is InChI=1S/C17H24FN3/c1-3-11-21-15-6-5-13(18)12-14(15)20-16(21)17(4-2)7-9-19-10-8-17/h5-6,12,19H,3-4,7-11H2,1-2H3. The van der Waals surface area contributed by atoms with Gasteiger partial charge >= 0.3 is 0 Å². The number of aromatic nitrogens is 2. The number of nitrogens with one attached hydrogen (secondary N) is 1. The molecule has 2 aromatic rings. The lowest BCUT2D eigenvalue weighted by atomic mass is 9.76. The molecule has 1 saturated heterocycles. The smallest absolute Gasteiger partial charge is 0.125 e. The zero-order chi connectivity index (χ0) is 14.9. The summed E-state index contributed by atoms with van der Waals surface area (Å²) in [7, 11) is 0. The summed E-state index contributed by atoms with van der Waals surface area (Å²) < 4.78 is 15.8. The van der Waals surface area contributed by atoms with E-state index in [2.05, 4.69) is 23.7 Å². The van der Waals surface area contributed by atoms with Crippen molar-refractivity contribution in [3.05, 3.63) is 29.8 Å². The number of benzene rings is 1. The minimum Gasteiger partial charge on any atom is -0.328 e. The first-order chi connectivity index (χ1) is 10.2.